The molecule has 1 aliphatic carbocycles. The molecule has 0 saturated heterocycles. The lowest BCUT2D eigenvalue weighted by atomic mass is 9.70. The van der Waals surface area contributed by atoms with Crippen molar-refractivity contribution in [2.75, 3.05) is 7.11 Å². The highest BCUT2D eigenvalue weighted by molar-refractivity contribution is 5.91. The topological polar surface area (TPSA) is 31.4 Å². The summed E-state index contributed by atoms with van der Waals surface area (Å²) < 4.78 is 11.6. The average Bonchev–Trinajstić information content (AvgIpc) is 2.87. The maximum atomic E-state index is 6.18. The molecular weight excluding hydrogens is 262 g/mol. The van der Waals surface area contributed by atoms with Crippen molar-refractivity contribution in [2.45, 2.75) is 25.4 Å². The summed E-state index contributed by atoms with van der Waals surface area (Å²) in [4.78, 5) is 4.50. The monoisotopic (exact) mass is 279 g/mol. The SMILES string of the molecule is COc1ccc2c(c1)C(C)(C)C1Oc3cccnc3C1=C2. The van der Waals surface area contributed by atoms with E-state index in [9.17, 15) is 0 Å². The fourth-order valence-electron chi connectivity index (χ4n) is 3.35. The predicted octanol–water partition coefficient (Wildman–Crippen LogP) is 3.68. The van der Waals surface area contributed by atoms with Gasteiger partial charge in [0.2, 0.25) is 0 Å². The van der Waals surface area contributed by atoms with E-state index in [1.807, 2.05) is 24.4 Å². The molecule has 0 radical (unpaired) electrons. The Morgan fingerprint density at radius 2 is 2.10 bits per heavy atom. The molecule has 106 valence electrons. The molecule has 0 saturated carbocycles. The van der Waals surface area contributed by atoms with Crippen LogP contribution in [0, 0.1) is 0 Å². The standard InChI is InChI=1S/C18H17NO2/c1-18(2)14-10-12(20-3)7-6-11(14)9-13-16-15(21-17(13)18)5-4-8-19-16/h4-10,17H,1-3H3. The predicted molar refractivity (Wildman–Crippen MR) is 82.5 cm³/mol. The van der Waals surface area contributed by atoms with Gasteiger partial charge in [-0.3, -0.25) is 4.98 Å². The van der Waals surface area contributed by atoms with Crippen molar-refractivity contribution in [2.24, 2.45) is 0 Å². The van der Waals surface area contributed by atoms with Gasteiger partial charge in [0.1, 0.15) is 23.3 Å². The lowest BCUT2D eigenvalue weighted by Crippen LogP contribution is -2.39. The first-order valence-corrected chi connectivity index (χ1v) is 7.13. The summed E-state index contributed by atoms with van der Waals surface area (Å²) in [5.74, 6) is 1.76. The Labute approximate surface area is 124 Å². The van der Waals surface area contributed by atoms with E-state index < -0.39 is 0 Å². The van der Waals surface area contributed by atoms with Crippen molar-refractivity contribution in [1.82, 2.24) is 4.98 Å². The highest BCUT2D eigenvalue weighted by Gasteiger charge is 2.45. The summed E-state index contributed by atoms with van der Waals surface area (Å²) in [6.45, 7) is 4.43. The summed E-state index contributed by atoms with van der Waals surface area (Å²) in [6, 6.07) is 10.1. The van der Waals surface area contributed by atoms with Crippen molar-refractivity contribution >= 4 is 11.6 Å². The molecule has 2 aliphatic rings. The van der Waals surface area contributed by atoms with Crippen LogP contribution in [-0.4, -0.2) is 18.2 Å². The van der Waals surface area contributed by atoms with E-state index >= 15 is 0 Å². The maximum Gasteiger partial charge on any atom is 0.146 e. The third kappa shape index (κ3) is 1.63. The van der Waals surface area contributed by atoms with Gasteiger partial charge in [-0.05, 0) is 41.5 Å². The van der Waals surface area contributed by atoms with Crippen LogP contribution in [-0.2, 0) is 5.41 Å². The number of ether oxygens (including phenoxy) is 2. The fourth-order valence-corrected chi connectivity index (χ4v) is 3.35. The minimum atomic E-state index is -0.130. The van der Waals surface area contributed by atoms with Crippen molar-refractivity contribution in [3.63, 3.8) is 0 Å². The molecule has 1 aromatic heterocycles. The van der Waals surface area contributed by atoms with E-state index in [1.54, 1.807) is 7.11 Å². The zero-order chi connectivity index (χ0) is 14.6. The van der Waals surface area contributed by atoms with Gasteiger partial charge in [-0.2, -0.15) is 0 Å². The van der Waals surface area contributed by atoms with Gasteiger partial charge in [0.05, 0.1) is 7.11 Å². The summed E-state index contributed by atoms with van der Waals surface area (Å²) >= 11 is 0. The molecule has 1 aliphatic heterocycles. The Kier molecular flexibility index (Phi) is 2.43. The summed E-state index contributed by atoms with van der Waals surface area (Å²) in [7, 11) is 1.70. The van der Waals surface area contributed by atoms with Crippen LogP contribution in [0.25, 0.3) is 11.6 Å². The molecule has 1 atom stereocenters. The molecule has 21 heavy (non-hydrogen) atoms. The molecule has 2 aromatic rings. The maximum absolute atomic E-state index is 6.18. The van der Waals surface area contributed by atoms with Gasteiger partial charge in [0.25, 0.3) is 0 Å². The molecule has 3 heteroatoms. The lowest BCUT2D eigenvalue weighted by molar-refractivity contribution is 0.190. The zero-order valence-corrected chi connectivity index (χ0v) is 12.4. The second kappa shape index (κ2) is 4.10. The Hall–Kier alpha value is -2.29. The third-order valence-electron chi connectivity index (χ3n) is 4.49. The molecule has 4 rings (SSSR count). The summed E-state index contributed by atoms with van der Waals surface area (Å²) in [5.41, 5.74) is 4.48. The van der Waals surface area contributed by atoms with Crippen LogP contribution in [0.5, 0.6) is 11.5 Å². The van der Waals surface area contributed by atoms with Crippen molar-refractivity contribution in [3.8, 4) is 11.5 Å². The number of hydrogen-bond acceptors (Lipinski definition) is 3. The van der Waals surface area contributed by atoms with Crippen LogP contribution in [0.3, 0.4) is 0 Å². The molecule has 2 heterocycles. The number of hydrogen-bond donors (Lipinski definition) is 0. The van der Waals surface area contributed by atoms with Crippen molar-refractivity contribution in [1.29, 1.82) is 0 Å². The smallest absolute Gasteiger partial charge is 0.146 e. The van der Waals surface area contributed by atoms with Gasteiger partial charge in [-0.1, -0.05) is 19.9 Å². The largest absolute Gasteiger partial charge is 0.497 e. The average molecular weight is 279 g/mol. The Morgan fingerprint density at radius 1 is 1.24 bits per heavy atom. The van der Waals surface area contributed by atoms with Gasteiger partial charge >= 0.3 is 0 Å². The normalized spacial score (nSPS) is 20.7. The number of pyridine rings is 1. The van der Waals surface area contributed by atoms with E-state index in [0.29, 0.717) is 0 Å². The number of benzene rings is 1. The van der Waals surface area contributed by atoms with E-state index in [2.05, 4.69) is 37.0 Å². The first-order chi connectivity index (χ1) is 10.1. The zero-order valence-electron chi connectivity index (χ0n) is 12.4. The second-order valence-corrected chi connectivity index (χ2v) is 6.12. The molecule has 3 nitrogen and oxygen atoms in total. The Balaban J connectivity index is 1.94. The van der Waals surface area contributed by atoms with Crippen LogP contribution in [0.1, 0.15) is 30.7 Å². The van der Waals surface area contributed by atoms with Crippen molar-refractivity contribution < 1.29 is 9.47 Å². The molecule has 0 fully saturated rings. The number of rotatable bonds is 1. The molecule has 0 N–H and O–H groups in total. The number of nitrogens with zero attached hydrogens (tertiary/aromatic N) is 1. The molecule has 0 amide bonds. The number of fused-ring (bicyclic) bond motifs is 4. The molecule has 1 unspecified atom stereocenters. The number of methoxy groups -OCH3 is 1. The van der Waals surface area contributed by atoms with Gasteiger partial charge in [-0.15, -0.1) is 0 Å². The Bertz CT molecular complexity index is 762. The highest BCUT2D eigenvalue weighted by atomic mass is 16.5. The van der Waals surface area contributed by atoms with E-state index in [1.165, 1.54) is 16.7 Å². The Morgan fingerprint density at radius 3 is 2.90 bits per heavy atom. The van der Waals surface area contributed by atoms with Crippen LogP contribution >= 0.6 is 0 Å². The summed E-state index contributed by atoms with van der Waals surface area (Å²) in [6.07, 6.45) is 4.02. The van der Waals surface area contributed by atoms with Crippen molar-refractivity contribution in [3.05, 3.63) is 53.3 Å². The fraction of sp³-hybridized carbons (Fsp3) is 0.278. The molecule has 1 aromatic carbocycles. The number of aromatic nitrogens is 1. The second-order valence-electron chi connectivity index (χ2n) is 6.12. The van der Waals surface area contributed by atoms with Gasteiger partial charge in [0.15, 0.2) is 0 Å². The van der Waals surface area contributed by atoms with Gasteiger partial charge in [-0.25, -0.2) is 0 Å². The van der Waals surface area contributed by atoms with E-state index in [-0.39, 0.29) is 11.5 Å². The van der Waals surface area contributed by atoms with E-state index in [4.69, 9.17) is 9.47 Å². The quantitative estimate of drug-likeness (QED) is 0.798. The van der Waals surface area contributed by atoms with Crippen LogP contribution in [0.15, 0.2) is 36.5 Å². The first-order valence-electron chi connectivity index (χ1n) is 7.13. The summed E-state index contributed by atoms with van der Waals surface area (Å²) in [5, 5.41) is 0. The highest BCUT2D eigenvalue weighted by Crippen LogP contribution is 2.50. The molecule has 0 spiro atoms. The van der Waals surface area contributed by atoms with Gasteiger partial charge in [0, 0.05) is 17.2 Å². The molecule has 0 bridgehead atoms. The van der Waals surface area contributed by atoms with Crippen LogP contribution in [0.2, 0.25) is 0 Å². The van der Waals surface area contributed by atoms with Crippen LogP contribution < -0.4 is 9.47 Å². The first kappa shape index (κ1) is 12.5. The third-order valence-corrected chi connectivity index (χ3v) is 4.49. The molecular formula is C18H17NO2. The van der Waals surface area contributed by atoms with E-state index in [0.717, 1.165) is 17.2 Å². The minimum Gasteiger partial charge on any atom is -0.497 e. The van der Waals surface area contributed by atoms with Crippen LogP contribution in [0.4, 0.5) is 0 Å². The minimum absolute atomic E-state index is 0.00186. The van der Waals surface area contributed by atoms with Gasteiger partial charge < -0.3 is 9.47 Å². The lowest BCUT2D eigenvalue weighted by Gasteiger charge is -2.36.